The Kier molecular flexibility index (Phi) is 44.3. The standard InChI is InChI=1S/C74H100O20S8/c1-9-83-63(75)43-95-35-55-27-51-25-52-29-57(37-97-45-65(77)85-11-3)72(58(30-52)38-98-46-66(78)86-12-4)93-23-19-20-24-94-74-61(41-101-49-69(81)89-15-7)33-54(34-62(74)42-102-50-70(82)90-16-8)26-53-31-59(39-99-47-67(79)87-13-5)73(60(32-53)40-100-48-68(80)88-14-6)92-22-18-17-21-91-71(55)56(28-51)36-96-44-64(76)84-10-2/h27-34H,9-26,35-50H2,1-8H3. The van der Waals surface area contributed by atoms with Crippen molar-refractivity contribution in [2.24, 2.45) is 0 Å². The molecule has 102 heavy (non-hydrogen) atoms. The van der Waals surface area contributed by atoms with Gasteiger partial charge in [-0.3, -0.25) is 38.4 Å². The van der Waals surface area contributed by atoms with E-state index in [1.54, 1.807) is 55.4 Å². The second-order valence-corrected chi connectivity index (χ2v) is 30.4. The lowest BCUT2D eigenvalue weighted by Crippen LogP contribution is -2.11. The monoisotopic (exact) mass is 1560 g/mol. The molecule has 28 heteroatoms. The lowest BCUT2D eigenvalue weighted by molar-refractivity contribution is -0.140. The van der Waals surface area contributed by atoms with E-state index in [4.69, 9.17) is 56.8 Å². The molecule has 14 rings (SSSR count). The van der Waals surface area contributed by atoms with Crippen LogP contribution in [0.15, 0.2) is 48.5 Å². The average molecular weight is 1570 g/mol. The van der Waals surface area contributed by atoms with E-state index < -0.39 is 0 Å². The van der Waals surface area contributed by atoms with Crippen LogP contribution >= 0.6 is 94.1 Å². The maximum Gasteiger partial charge on any atom is 0.315 e. The van der Waals surface area contributed by atoms with Gasteiger partial charge < -0.3 is 56.8 Å². The Labute approximate surface area is 635 Å². The van der Waals surface area contributed by atoms with Gasteiger partial charge in [0.05, 0.1) is 125 Å². The quantitative estimate of drug-likeness (QED) is 0.0296. The van der Waals surface area contributed by atoms with Crippen LogP contribution in [0.4, 0.5) is 0 Å². The normalized spacial score (nSPS) is 12.6. The lowest BCUT2D eigenvalue weighted by atomic mass is 9.96. The van der Waals surface area contributed by atoms with Crippen LogP contribution in [0.5, 0.6) is 23.0 Å². The van der Waals surface area contributed by atoms with Gasteiger partial charge in [-0.2, -0.15) is 0 Å². The zero-order chi connectivity index (χ0) is 73.7. The smallest absolute Gasteiger partial charge is 0.315 e. The van der Waals surface area contributed by atoms with E-state index in [0.717, 1.165) is 66.8 Å². The van der Waals surface area contributed by atoms with E-state index in [1.165, 1.54) is 94.1 Å². The number of rotatable bonds is 40. The summed E-state index contributed by atoms with van der Waals surface area (Å²) in [7, 11) is 0. The van der Waals surface area contributed by atoms with Crippen molar-refractivity contribution in [1.82, 2.24) is 0 Å². The fraction of sp³-hybridized carbons (Fsp3) is 0.568. The second-order valence-electron chi connectivity index (χ2n) is 22.5. The van der Waals surface area contributed by atoms with Crippen molar-refractivity contribution in [1.29, 1.82) is 0 Å². The van der Waals surface area contributed by atoms with Gasteiger partial charge in [0.1, 0.15) is 23.0 Å². The van der Waals surface area contributed by atoms with Crippen molar-refractivity contribution < 1.29 is 95.2 Å². The summed E-state index contributed by atoms with van der Waals surface area (Å²) < 4.78 is 70.1. The predicted octanol–water partition coefficient (Wildman–Crippen LogP) is 14.0. The van der Waals surface area contributed by atoms with Crippen LogP contribution in [-0.4, -0.2) is 173 Å². The van der Waals surface area contributed by atoms with Crippen molar-refractivity contribution in [3.63, 3.8) is 0 Å². The highest BCUT2D eigenvalue weighted by Crippen LogP contribution is 2.40. The van der Waals surface area contributed by atoms with Gasteiger partial charge in [-0.05, 0) is 116 Å². The summed E-state index contributed by atoms with van der Waals surface area (Å²) >= 11 is 11.3. The van der Waals surface area contributed by atoms with Gasteiger partial charge in [0.15, 0.2) is 0 Å². The van der Waals surface area contributed by atoms with Crippen LogP contribution in [0.3, 0.4) is 0 Å². The molecule has 0 spiro atoms. The van der Waals surface area contributed by atoms with Gasteiger partial charge in [0.25, 0.3) is 0 Å². The molecular weight excluding hydrogens is 1470 g/mol. The number of hydrogen-bond acceptors (Lipinski definition) is 28. The number of carbonyl (C=O) groups excluding carboxylic acids is 8. The molecule has 0 fully saturated rings. The van der Waals surface area contributed by atoms with Gasteiger partial charge in [-0.1, -0.05) is 48.5 Å². The van der Waals surface area contributed by atoms with Crippen molar-refractivity contribution in [2.45, 2.75) is 140 Å². The number of esters is 8. The van der Waals surface area contributed by atoms with Crippen molar-refractivity contribution >= 4 is 142 Å². The zero-order valence-electron chi connectivity index (χ0n) is 60.1. The van der Waals surface area contributed by atoms with Crippen LogP contribution in [0, 0.1) is 0 Å². The van der Waals surface area contributed by atoms with Crippen LogP contribution in [-0.2, 0) is 135 Å². The number of hydrogen-bond donors (Lipinski definition) is 0. The van der Waals surface area contributed by atoms with E-state index >= 15 is 0 Å². The van der Waals surface area contributed by atoms with Crippen molar-refractivity contribution in [2.75, 3.05) is 125 Å². The van der Waals surface area contributed by atoms with Crippen LogP contribution < -0.4 is 18.9 Å². The van der Waals surface area contributed by atoms with E-state index in [0.29, 0.717) is 108 Å². The highest BCUT2D eigenvalue weighted by molar-refractivity contribution is 8.00. The van der Waals surface area contributed by atoms with E-state index in [2.05, 4.69) is 48.5 Å². The first-order chi connectivity index (χ1) is 49.5. The van der Waals surface area contributed by atoms with Crippen LogP contribution in [0.2, 0.25) is 0 Å². The third kappa shape index (κ3) is 33.8. The summed E-state index contributed by atoms with van der Waals surface area (Å²) in [5.41, 5.74) is 10.5. The molecule has 0 radical (unpaired) electrons. The minimum absolute atomic E-state index is 0.108. The van der Waals surface area contributed by atoms with Gasteiger partial charge in [0, 0.05) is 90.5 Å². The van der Waals surface area contributed by atoms with Crippen LogP contribution in [0.1, 0.15) is 148 Å². The summed E-state index contributed by atoms with van der Waals surface area (Å²) in [4.78, 5) is 103. The molecule has 564 valence electrons. The molecule has 0 N–H and O–H groups in total. The molecule has 0 saturated carbocycles. The molecule has 0 unspecified atom stereocenters. The Bertz CT molecular complexity index is 2690. The summed E-state index contributed by atoms with van der Waals surface area (Å²) in [5, 5.41) is 0. The summed E-state index contributed by atoms with van der Waals surface area (Å²) in [6.07, 6.45) is 3.13. The first-order valence-electron chi connectivity index (χ1n) is 34.5. The summed E-state index contributed by atoms with van der Waals surface area (Å²) in [6, 6.07) is 16.8. The molecule has 4 aromatic rings. The molecule has 20 nitrogen and oxygen atoms in total. The van der Waals surface area contributed by atoms with Gasteiger partial charge in [-0.25, -0.2) is 0 Å². The maximum atomic E-state index is 12.8. The van der Waals surface area contributed by atoms with Crippen molar-refractivity contribution in [3.05, 3.63) is 115 Å². The third-order valence-electron chi connectivity index (χ3n) is 14.4. The minimum Gasteiger partial charge on any atom is -0.493 e. The molecule has 0 aromatic heterocycles. The second kappa shape index (κ2) is 51.8. The Morgan fingerprint density at radius 2 is 0.392 bits per heavy atom. The Morgan fingerprint density at radius 1 is 0.255 bits per heavy atom. The molecular formula is C74H100O20S8. The topological polar surface area (TPSA) is 247 Å². The molecule has 0 saturated heterocycles. The van der Waals surface area contributed by atoms with E-state index in [9.17, 15) is 38.4 Å². The third-order valence-corrected chi connectivity index (χ3v) is 22.0. The molecule has 10 aliphatic heterocycles. The van der Waals surface area contributed by atoms with Gasteiger partial charge in [-0.15, -0.1) is 94.1 Å². The molecule has 0 atom stereocenters. The Morgan fingerprint density at radius 3 is 0.520 bits per heavy atom. The summed E-state index contributed by atoms with van der Waals surface area (Å²) in [6.45, 7) is 17.3. The average Bonchev–Trinajstić information content (AvgIpc) is 0.810. The van der Waals surface area contributed by atoms with E-state index in [-0.39, 0.29) is 173 Å². The molecule has 0 amide bonds. The van der Waals surface area contributed by atoms with Gasteiger partial charge in [0.2, 0.25) is 0 Å². The lowest BCUT2D eigenvalue weighted by Gasteiger charge is -2.21. The van der Waals surface area contributed by atoms with Gasteiger partial charge >= 0.3 is 47.8 Å². The minimum atomic E-state index is -0.337. The number of ether oxygens (including phenoxy) is 12. The highest BCUT2D eigenvalue weighted by Gasteiger charge is 2.23. The molecule has 10 heterocycles. The largest absolute Gasteiger partial charge is 0.493 e. The van der Waals surface area contributed by atoms with Crippen molar-refractivity contribution in [3.8, 4) is 23.0 Å². The van der Waals surface area contributed by atoms with E-state index in [1.807, 2.05) is 0 Å². The number of thioether (sulfide) groups is 8. The first kappa shape index (κ1) is 87.3. The SMILES string of the molecule is CCOC(=O)CSCc1cc2cc(CSCC(=O)OCC)c1OCCCCOc1c(CSCC(=O)OCC)cc(cc1CSCC(=O)OCC)Cc1cc(CSCC(=O)OCC)c(c(CSCC(=O)OCC)c1)OCCCCOc1c(CSCC(=O)OCC)cc(cc1CSCC(=O)OCC)C2. The number of carbonyl (C=O) groups is 8. The zero-order valence-corrected chi connectivity index (χ0v) is 66.6. The number of benzene rings is 4. The fourth-order valence-corrected chi connectivity index (χ4v) is 16.8. The van der Waals surface area contributed by atoms with Crippen LogP contribution in [0.25, 0.3) is 0 Å². The Balaban J connectivity index is 1.72. The fourth-order valence-electron chi connectivity index (χ4n) is 10.5. The molecule has 10 aliphatic rings. The Hall–Kier alpha value is -5.36. The molecule has 4 aromatic carbocycles. The first-order valence-corrected chi connectivity index (χ1v) is 43.7. The molecule has 0 aliphatic carbocycles. The summed E-state index contributed by atoms with van der Waals surface area (Å²) in [5.74, 6) is 3.91. The highest BCUT2D eigenvalue weighted by atomic mass is 32.2. The molecule has 8 bridgehead atoms. The maximum absolute atomic E-state index is 12.8. The predicted molar refractivity (Wildman–Crippen MR) is 414 cm³/mol.